The molecule has 1 aromatic carbocycles. The fraction of sp³-hybridized carbons (Fsp3) is 0.462. The number of aromatic nitrogens is 2. The predicted octanol–water partition coefficient (Wildman–Crippen LogP) is 4.45. The van der Waals surface area contributed by atoms with Crippen LogP contribution >= 0.6 is 11.6 Å². The highest BCUT2D eigenvalue weighted by molar-refractivity contribution is 7.92. The van der Waals surface area contributed by atoms with Crippen molar-refractivity contribution in [2.24, 2.45) is 24.8 Å². The number of carbonyl (C=O) groups is 1. The van der Waals surface area contributed by atoms with Gasteiger partial charge in [-0.15, -0.1) is 0 Å². The van der Waals surface area contributed by atoms with E-state index < -0.39 is 28.0 Å². The molecule has 8 nitrogen and oxygen atoms in total. The number of benzene rings is 1. The molecule has 1 aromatic heterocycles. The third kappa shape index (κ3) is 4.71. The SMILES string of the molecule is Cc1nn(C)c(Cl)c1S(=O)(=O)Nc1cccc(C(C2CC2)C2C(=O)OC3=CC=CCCCC3C2O)c1. The van der Waals surface area contributed by atoms with Gasteiger partial charge in [0.25, 0.3) is 10.0 Å². The molecule has 0 bridgehead atoms. The van der Waals surface area contributed by atoms with Crippen molar-refractivity contribution in [2.75, 3.05) is 4.72 Å². The zero-order chi connectivity index (χ0) is 25.6. The second-order valence-corrected chi connectivity index (χ2v) is 11.9. The van der Waals surface area contributed by atoms with Crippen LogP contribution < -0.4 is 4.72 Å². The van der Waals surface area contributed by atoms with E-state index in [0.29, 0.717) is 17.1 Å². The fourth-order valence-corrected chi connectivity index (χ4v) is 7.32. The van der Waals surface area contributed by atoms with E-state index in [4.69, 9.17) is 16.3 Å². The maximum Gasteiger partial charge on any atom is 0.317 e. The number of allylic oxidation sites excluding steroid dienone is 3. The molecule has 2 aliphatic carbocycles. The summed E-state index contributed by atoms with van der Waals surface area (Å²) in [5.41, 5.74) is 1.45. The molecule has 1 aliphatic heterocycles. The normalized spacial score (nSPS) is 25.3. The Morgan fingerprint density at radius 1 is 1.28 bits per heavy atom. The van der Waals surface area contributed by atoms with Crippen LogP contribution in [-0.4, -0.2) is 35.4 Å². The van der Waals surface area contributed by atoms with Crippen LogP contribution in [-0.2, 0) is 26.6 Å². The van der Waals surface area contributed by atoms with Gasteiger partial charge in [-0.2, -0.15) is 5.10 Å². The number of aryl methyl sites for hydroxylation is 2. The summed E-state index contributed by atoms with van der Waals surface area (Å²) in [4.78, 5) is 13.1. The molecular weight excluding hydrogens is 502 g/mol. The summed E-state index contributed by atoms with van der Waals surface area (Å²) in [7, 11) is -2.41. The molecule has 192 valence electrons. The Kier molecular flexibility index (Phi) is 6.74. The van der Waals surface area contributed by atoms with E-state index in [0.717, 1.165) is 37.7 Å². The molecule has 2 N–H and O–H groups in total. The van der Waals surface area contributed by atoms with Gasteiger partial charge >= 0.3 is 5.97 Å². The highest BCUT2D eigenvalue weighted by atomic mass is 35.5. The maximum absolute atomic E-state index is 13.2. The quantitative estimate of drug-likeness (QED) is 0.533. The van der Waals surface area contributed by atoms with Gasteiger partial charge in [0, 0.05) is 24.6 Å². The van der Waals surface area contributed by atoms with Crippen LogP contribution in [0.4, 0.5) is 5.69 Å². The zero-order valence-electron chi connectivity index (χ0n) is 20.2. The van der Waals surface area contributed by atoms with E-state index in [9.17, 15) is 18.3 Å². The number of halogens is 1. The number of hydrogen-bond acceptors (Lipinski definition) is 6. The number of esters is 1. The van der Waals surface area contributed by atoms with Gasteiger partial charge in [-0.05, 0) is 68.7 Å². The van der Waals surface area contributed by atoms with Crippen molar-refractivity contribution in [1.29, 1.82) is 0 Å². The van der Waals surface area contributed by atoms with Gasteiger partial charge in [0.15, 0.2) is 0 Å². The molecule has 0 radical (unpaired) electrons. The van der Waals surface area contributed by atoms with E-state index in [1.807, 2.05) is 18.2 Å². The fourth-order valence-electron chi connectivity index (χ4n) is 5.52. The van der Waals surface area contributed by atoms with E-state index >= 15 is 0 Å². The lowest BCUT2D eigenvalue weighted by molar-refractivity contribution is -0.160. The summed E-state index contributed by atoms with van der Waals surface area (Å²) in [5.74, 6) is -0.915. The largest absolute Gasteiger partial charge is 0.430 e. The van der Waals surface area contributed by atoms with Crippen molar-refractivity contribution in [3.63, 3.8) is 0 Å². The Morgan fingerprint density at radius 2 is 2.06 bits per heavy atom. The van der Waals surface area contributed by atoms with Gasteiger partial charge in [-0.3, -0.25) is 14.2 Å². The lowest BCUT2D eigenvalue weighted by atomic mass is 9.72. The smallest absolute Gasteiger partial charge is 0.317 e. The summed E-state index contributed by atoms with van der Waals surface area (Å²) in [6.07, 6.45) is 9.28. The highest BCUT2D eigenvalue weighted by Crippen LogP contribution is 2.51. The zero-order valence-corrected chi connectivity index (χ0v) is 21.8. The first-order valence-electron chi connectivity index (χ1n) is 12.3. The standard InChI is InChI=1S/C26H30ClN3O5S/c1-15-24(25(27)30(2)28-15)36(33,34)29-18-9-7-8-17(14-18)21(16-12-13-16)22-23(31)19-10-5-3-4-6-11-20(19)35-26(22)32/h4,6-9,11,14,16,19,21-23,29,31H,3,5,10,12-13H2,1-2H3. The van der Waals surface area contributed by atoms with Crippen LogP contribution in [0, 0.1) is 24.7 Å². The van der Waals surface area contributed by atoms with E-state index in [-0.39, 0.29) is 27.8 Å². The summed E-state index contributed by atoms with van der Waals surface area (Å²) in [6, 6.07) is 7.04. The average Bonchev–Trinajstić information content (AvgIpc) is 3.58. The molecule has 1 saturated carbocycles. The summed E-state index contributed by atoms with van der Waals surface area (Å²) in [5, 5.41) is 15.5. The molecule has 2 fully saturated rings. The van der Waals surface area contributed by atoms with Crippen LogP contribution in [0.5, 0.6) is 0 Å². The number of nitrogens with one attached hydrogen (secondary N) is 1. The van der Waals surface area contributed by atoms with Gasteiger partial charge in [-0.1, -0.05) is 35.9 Å². The molecule has 2 heterocycles. The molecule has 0 spiro atoms. The Balaban J connectivity index is 1.46. The number of hydrogen-bond donors (Lipinski definition) is 2. The second kappa shape index (κ2) is 9.68. The molecule has 0 amide bonds. The first-order chi connectivity index (χ1) is 17.2. The number of aliphatic hydroxyl groups is 1. The lowest BCUT2D eigenvalue weighted by Crippen LogP contribution is -2.45. The van der Waals surface area contributed by atoms with Crippen LogP contribution in [0.1, 0.15) is 49.3 Å². The number of aliphatic hydroxyl groups excluding tert-OH is 1. The topological polar surface area (TPSA) is 111 Å². The number of carbonyl (C=O) groups excluding carboxylic acids is 1. The maximum atomic E-state index is 13.2. The summed E-state index contributed by atoms with van der Waals surface area (Å²) < 4.78 is 36.0. The third-order valence-electron chi connectivity index (χ3n) is 7.33. The molecule has 2 aromatic rings. The van der Waals surface area contributed by atoms with Crippen LogP contribution in [0.3, 0.4) is 0 Å². The van der Waals surface area contributed by atoms with Gasteiger partial charge in [-0.25, -0.2) is 8.42 Å². The first kappa shape index (κ1) is 25.0. The number of nitrogens with zero attached hydrogens (tertiary/aromatic N) is 2. The van der Waals surface area contributed by atoms with Gasteiger partial charge in [0.05, 0.1) is 17.7 Å². The average molecular weight is 532 g/mol. The van der Waals surface area contributed by atoms with E-state index in [2.05, 4.69) is 9.82 Å². The lowest BCUT2D eigenvalue weighted by Gasteiger charge is -2.39. The van der Waals surface area contributed by atoms with E-state index in [1.54, 1.807) is 38.2 Å². The number of rotatable bonds is 6. The summed E-state index contributed by atoms with van der Waals surface area (Å²) in [6.45, 7) is 1.59. The van der Waals surface area contributed by atoms with E-state index in [1.165, 1.54) is 4.68 Å². The molecule has 1 saturated heterocycles. The van der Waals surface area contributed by atoms with Gasteiger partial charge in [0.1, 0.15) is 15.8 Å². The molecule has 3 aliphatic rings. The predicted molar refractivity (Wildman–Crippen MR) is 136 cm³/mol. The van der Waals surface area contributed by atoms with Gasteiger partial charge in [0.2, 0.25) is 0 Å². The third-order valence-corrected chi connectivity index (χ3v) is 9.40. The van der Waals surface area contributed by atoms with Crippen LogP contribution in [0.25, 0.3) is 0 Å². The molecule has 10 heteroatoms. The van der Waals surface area contributed by atoms with Crippen molar-refractivity contribution in [3.05, 3.63) is 64.7 Å². The molecule has 4 unspecified atom stereocenters. The molecule has 5 rings (SSSR count). The van der Waals surface area contributed by atoms with Crippen molar-refractivity contribution in [1.82, 2.24) is 9.78 Å². The monoisotopic (exact) mass is 531 g/mol. The van der Waals surface area contributed by atoms with Crippen molar-refractivity contribution in [2.45, 2.75) is 55.9 Å². The Labute approximate surface area is 216 Å². The number of ether oxygens (including phenoxy) is 1. The minimum atomic E-state index is -3.99. The Hall–Kier alpha value is -2.62. The van der Waals surface area contributed by atoms with Crippen molar-refractivity contribution in [3.8, 4) is 0 Å². The van der Waals surface area contributed by atoms with Crippen molar-refractivity contribution < 1.29 is 23.1 Å². The summed E-state index contributed by atoms with van der Waals surface area (Å²) >= 11 is 6.20. The Bertz CT molecular complexity index is 1350. The molecule has 36 heavy (non-hydrogen) atoms. The van der Waals surface area contributed by atoms with Crippen LogP contribution in [0.2, 0.25) is 5.15 Å². The molecular formula is C26H30ClN3O5S. The number of anilines is 1. The number of sulfonamides is 1. The van der Waals surface area contributed by atoms with Crippen molar-refractivity contribution >= 4 is 33.3 Å². The molecule has 4 atom stereocenters. The Morgan fingerprint density at radius 3 is 2.75 bits per heavy atom. The van der Waals surface area contributed by atoms with Gasteiger partial charge < -0.3 is 9.84 Å². The van der Waals surface area contributed by atoms with Crippen LogP contribution in [0.15, 0.2) is 53.1 Å². The minimum Gasteiger partial charge on any atom is -0.430 e. The second-order valence-electron chi connectivity index (χ2n) is 9.90. The number of fused-ring (bicyclic) bond motifs is 1. The first-order valence-corrected chi connectivity index (χ1v) is 14.1. The highest BCUT2D eigenvalue weighted by Gasteiger charge is 2.50. The minimum absolute atomic E-state index is 0.0259.